The number of allylic oxidation sites excluding steroid dienone is 1. The van der Waals surface area contributed by atoms with E-state index in [4.69, 9.17) is 4.74 Å². The number of rotatable bonds is 11. The van der Waals surface area contributed by atoms with Gasteiger partial charge in [0.2, 0.25) is 5.91 Å². The lowest BCUT2D eigenvalue weighted by Crippen LogP contribution is -2.16. The molecule has 1 amide bonds. The van der Waals surface area contributed by atoms with Crippen LogP contribution in [-0.2, 0) is 16.1 Å². The molecule has 2 aromatic carbocycles. The first-order chi connectivity index (χ1) is 18.8. The molecule has 0 fully saturated rings. The minimum Gasteiger partial charge on any atom is -0.465 e. The predicted molar refractivity (Wildman–Crippen MR) is 147 cm³/mol. The third kappa shape index (κ3) is 6.52. The zero-order chi connectivity index (χ0) is 27.9. The number of carbonyl (C=O) groups is 2. The second-order valence-corrected chi connectivity index (χ2v) is 10.2. The number of carbonyl (C=O) groups excluding carboxylic acids is 2. The van der Waals surface area contributed by atoms with Crippen LogP contribution in [0.5, 0.6) is 5.75 Å². The quantitative estimate of drug-likeness (QED) is 0.129. The minimum atomic E-state index is -2.92. The Morgan fingerprint density at radius 1 is 1.13 bits per heavy atom. The van der Waals surface area contributed by atoms with Crippen LogP contribution in [0.15, 0.2) is 72.4 Å². The van der Waals surface area contributed by atoms with Crippen molar-refractivity contribution in [1.82, 2.24) is 14.8 Å². The molecule has 0 aliphatic heterocycles. The van der Waals surface area contributed by atoms with Crippen molar-refractivity contribution in [2.75, 3.05) is 18.2 Å². The van der Waals surface area contributed by atoms with Gasteiger partial charge in [-0.2, -0.15) is 8.78 Å². The Balaban J connectivity index is 1.52. The number of ether oxygens (including phenoxy) is 2. The van der Waals surface area contributed by atoms with Crippen molar-refractivity contribution in [3.63, 3.8) is 0 Å². The van der Waals surface area contributed by atoms with Gasteiger partial charge >= 0.3 is 12.6 Å². The van der Waals surface area contributed by atoms with E-state index >= 15 is 0 Å². The van der Waals surface area contributed by atoms with Crippen molar-refractivity contribution in [3.8, 4) is 28.3 Å². The number of thioether (sulfide) groups is 1. The van der Waals surface area contributed by atoms with Gasteiger partial charge in [-0.3, -0.25) is 9.36 Å². The molecular formula is C27H24F2N4O4S2. The zero-order valence-corrected chi connectivity index (χ0v) is 22.7. The van der Waals surface area contributed by atoms with Crippen LogP contribution in [0.1, 0.15) is 15.2 Å². The molecule has 8 nitrogen and oxygen atoms in total. The molecule has 0 spiro atoms. The highest BCUT2D eigenvalue weighted by molar-refractivity contribution is 7.99. The summed E-state index contributed by atoms with van der Waals surface area (Å²) in [6.45, 7) is 3.10. The van der Waals surface area contributed by atoms with Crippen LogP contribution in [0.25, 0.3) is 22.5 Å². The normalized spacial score (nSPS) is 10.9. The highest BCUT2D eigenvalue weighted by Crippen LogP contribution is 2.40. The Kier molecular flexibility index (Phi) is 9.10. The lowest BCUT2D eigenvalue weighted by atomic mass is 10.0. The maximum absolute atomic E-state index is 12.9. The van der Waals surface area contributed by atoms with Crippen molar-refractivity contribution < 1.29 is 27.8 Å². The standard InChI is InChI=1S/C27H24F2N4O4S2/c1-4-14-33-23(18-10-12-19(13-11-18)37-26(28)29)31-32-27(33)38-15-20(34)30-24-22(25(35)36-3)21(16(2)39-24)17-8-6-5-7-9-17/h4-13,26H,1,14-15H2,2-3H3,(H,30,34). The molecule has 2 heterocycles. The van der Waals surface area contributed by atoms with Crippen LogP contribution in [0.4, 0.5) is 13.8 Å². The van der Waals surface area contributed by atoms with E-state index < -0.39 is 12.6 Å². The van der Waals surface area contributed by atoms with Gasteiger partial charge in [-0.05, 0) is 36.8 Å². The molecule has 202 valence electrons. The first kappa shape index (κ1) is 28.0. The van der Waals surface area contributed by atoms with Gasteiger partial charge in [-0.1, -0.05) is 48.2 Å². The summed E-state index contributed by atoms with van der Waals surface area (Å²) in [5, 5.41) is 12.1. The van der Waals surface area contributed by atoms with E-state index in [9.17, 15) is 18.4 Å². The zero-order valence-electron chi connectivity index (χ0n) is 21.0. The fourth-order valence-electron chi connectivity index (χ4n) is 3.86. The molecular weight excluding hydrogens is 546 g/mol. The minimum absolute atomic E-state index is 0.00528. The fourth-order valence-corrected chi connectivity index (χ4v) is 5.69. The first-order valence-electron chi connectivity index (χ1n) is 11.6. The molecule has 4 aromatic rings. The maximum atomic E-state index is 12.9. The molecule has 0 bridgehead atoms. The second-order valence-electron chi connectivity index (χ2n) is 8.04. The van der Waals surface area contributed by atoms with Crippen LogP contribution < -0.4 is 10.1 Å². The van der Waals surface area contributed by atoms with E-state index in [1.807, 2.05) is 37.3 Å². The number of nitrogens with one attached hydrogen (secondary N) is 1. The number of halogens is 2. The van der Waals surface area contributed by atoms with Gasteiger partial charge in [0.15, 0.2) is 11.0 Å². The number of anilines is 1. The van der Waals surface area contributed by atoms with Gasteiger partial charge in [0.1, 0.15) is 16.3 Å². The van der Waals surface area contributed by atoms with Crippen LogP contribution in [0.2, 0.25) is 0 Å². The Morgan fingerprint density at radius 3 is 2.49 bits per heavy atom. The van der Waals surface area contributed by atoms with E-state index in [0.29, 0.717) is 33.7 Å². The molecule has 12 heteroatoms. The number of methoxy groups -OCH3 is 1. The SMILES string of the molecule is C=CCn1c(SCC(=O)Nc2sc(C)c(-c3ccccc3)c2C(=O)OC)nnc1-c1ccc(OC(F)F)cc1. The number of esters is 1. The van der Waals surface area contributed by atoms with Crippen molar-refractivity contribution in [2.24, 2.45) is 0 Å². The molecule has 4 rings (SSSR count). The monoisotopic (exact) mass is 570 g/mol. The van der Waals surface area contributed by atoms with Gasteiger partial charge in [0.25, 0.3) is 0 Å². The third-order valence-electron chi connectivity index (χ3n) is 5.49. The van der Waals surface area contributed by atoms with Crippen molar-refractivity contribution >= 4 is 40.0 Å². The summed E-state index contributed by atoms with van der Waals surface area (Å²) < 4.78 is 36.1. The number of aromatic nitrogens is 3. The average molecular weight is 571 g/mol. The molecule has 1 N–H and O–H groups in total. The molecule has 0 saturated carbocycles. The Morgan fingerprint density at radius 2 is 1.85 bits per heavy atom. The number of nitrogens with zero attached hydrogens (tertiary/aromatic N) is 3. The largest absolute Gasteiger partial charge is 0.465 e. The van der Waals surface area contributed by atoms with E-state index in [1.54, 1.807) is 22.8 Å². The number of aryl methyl sites for hydroxylation is 1. The highest BCUT2D eigenvalue weighted by Gasteiger charge is 2.25. The Hall–Kier alpha value is -4.03. The molecule has 39 heavy (non-hydrogen) atoms. The number of benzene rings is 2. The van der Waals surface area contributed by atoms with E-state index in [-0.39, 0.29) is 17.4 Å². The third-order valence-corrected chi connectivity index (χ3v) is 7.48. The van der Waals surface area contributed by atoms with Gasteiger partial charge in [-0.15, -0.1) is 28.1 Å². The molecule has 0 saturated heterocycles. The summed E-state index contributed by atoms with van der Waals surface area (Å²) in [6.07, 6.45) is 1.66. The van der Waals surface area contributed by atoms with Gasteiger partial charge in [-0.25, -0.2) is 4.79 Å². The summed E-state index contributed by atoms with van der Waals surface area (Å²) in [6, 6.07) is 15.5. The molecule has 0 aliphatic rings. The van der Waals surface area contributed by atoms with Crippen LogP contribution in [0, 0.1) is 6.92 Å². The predicted octanol–water partition coefficient (Wildman–Crippen LogP) is 6.29. The van der Waals surface area contributed by atoms with E-state index in [0.717, 1.165) is 27.8 Å². The molecule has 0 radical (unpaired) electrons. The number of alkyl halides is 2. The van der Waals surface area contributed by atoms with Crippen molar-refractivity contribution in [3.05, 3.63) is 77.7 Å². The number of amides is 1. The van der Waals surface area contributed by atoms with Crippen molar-refractivity contribution in [2.45, 2.75) is 25.2 Å². The summed E-state index contributed by atoms with van der Waals surface area (Å²) >= 11 is 2.46. The number of hydrogen-bond donors (Lipinski definition) is 1. The Labute approximate surface area is 231 Å². The number of hydrogen-bond acceptors (Lipinski definition) is 8. The maximum Gasteiger partial charge on any atom is 0.387 e. The second kappa shape index (κ2) is 12.7. The van der Waals surface area contributed by atoms with E-state index in [2.05, 4.69) is 26.8 Å². The lowest BCUT2D eigenvalue weighted by molar-refractivity contribution is -0.113. The number of thiophene rings is 1. The van der Waals surface area contributed by atoms with E-state index in [1.165, 1.54) is 30.6 Å². The van der Waals surface area contributed by atoms with Crippen LogP contribution in [-0.4, -0.2) is 46.1 Å². The summed E-state index contributed by atoms with van der Waals surface area (Å²) in [7, 11) is 1.30. The smallest absolute Gasteiger partial charge is 0.387 e. The van der Waals surface area contributed by atoms with Crippen LogP contribution in [0.3, 0.4) is 0 Å². The first-order valence-corrected chi connectivity index (χ1v) is 13.4. The van der Waals surface area contributed by atoms with Crippen molar-refractivity contribution in [1.29, 1.82) is 0 Å². The summed E-state index contributed by atoms with van der Waals surface area (Å²) in [4.78, 5) is 26.5. The van der Waals surface area contributed by atoms with Gasteiger partial charge in [0, 0.05) is 22.5 Å². The summed E-state index contributed by atoms with van der Waals surface area (Å²) in [5.41, 5.74) is 2.50. The molecule has 0 unspecified atom stereocenters. The summed E-state index contributed by atoms with van der Waals surface area (Å²) in [5.74, 6) is -0.374. The molecule has 2 aromatic heterocycles. The van der Waals surface area contributed by atoms with Crippen LogP contribution >= 0.6 is 23.1 Å². The topological polar surface area (TPSA) is 95.3 Å². The fraction of sp³-hybridized carbons (Fsp3) is 0.185. The average Bonchev–Trinajstić information content (AvgIpc) is 3.47. The molecule has 0 aliphatic carbocycles. The molecule has 0 atom stereocenters. The Bertz CT molecular complexity index is 1470. The highest BCUT2D eigenvalue weighted by atomic mass is 32.2. The lowest BCUT2D eigenvalue weighted by Gasteiger charge is -2.10. The van der Waals surface area contributed by atoms with Gasteiger partial charge in [0.05, 0.1) is 12.9 Å². The van der Waals surface area contributed by atoms with Gasteiger partial charge < -0.3 is 14.8 Å².